The van der Waals surface area contributed by atoms with Gasteiger partial charge in [-0.15, -0.1) is 0 Å². The Morgan fingerprint density at radius 3 is 3.20 bits per heavy atom. The van der Waals surface area contributed by atoms with Crippen LogP contribution in [0, 0.1) is 5.82 Å². The monoisotopic (exact) mass is 209 g/mol. The predicted molar refractivity (Wildman–Crippen MR) is 53.1 cm³/mol. The molecule has 0 saturated heterocycles. The van der Waals surface area contributed by atoms with E-state index in [1.54, 1.807) is 12.1 Å². The number of amides is 1. The number of carbonyl (C=O) groups excluding carboxylic acids is 1. The number of hydrogen-bond acceptors (Lipinski definition) is 2. The highest BCUT2D eigenvalue weighted by Gasteiger charge is 2.21. The molecular formula is C11H12FNO2. The highest BCUT2D eigenvalue weighted by molar-refractivity contribution is 5.49. The zero-order valence-electron chi connectivity index (χ0n) is 8.20. The van der Waals surface area contributed by atoms with Crippen molar-refractivity contribution in [3.63, 3.8) is 0 Å². The van der Waals surface area contributed by atoms with E-state index < -0.39 is 0 Å². The van der Waals surface area contributed by atoms with Crippen LogP contribution in [0.5, 0.6) is 5.75 Å². The summed E-state index contributed by atoms with van der Waals surface area (Å²) in [6.45, 7) is 0.491. The number of fused-ring (bicyclic) bond motifs is 1. The van der Waals surface area contributed by atoms with Crippen molar-refractivity contribution in [3.05, 3.63) is 29.6 Å². The fourth-order valence-electron chi connectivity index (χ4n) is 1.82. The van der Waals surface area contributed by atoms with Crippen LogP contribution in [-0.4, -0.2) is 13.0 Å². The Morgan fingerprint density at radius 1 is 1.53 bits per heavy atom. The molecule has 0 radical (unpaired) electrons. The Kier molecular flexibility index (Phi) is 2.85. The highest BCUT2D eigenvalue weighted by atomic mass is 19.1. The van der Waals surface area contributed by atoms with Gasteiger partial charge >= 0.3 is 0 Å². The molecule has 2 rings (SSSR count). The molecule has 80 valence electrons. The molecule has 0 fully saturated rings. The second-order valence-corrected chi connectivity index (χ2v) is 3.49. The minimum Gasteiger partial charge on any atom is -0.490 e. The number of ether oxygens (including phenoxy) is 1. The fourth-order valence-corrected chi connectivity index (χ4v) is 1.82. The zero-order chi connectivity index (χ0) is 10.7. The molecule has 0 spiro atoms. The van der Waals surface area contributed by atoms with Crippen molar-refractivity contribution >= 4 is 6.41 Å². The summed E-state index contributed by atoms with van der Waals surface area (Å²) in [7, 11) is 0. The third kappa shape index (κ3) is 1.93. The molecule has 3 nitrogen and oxygen atoms in total. The molecular weight excluding hydrogens is 197 g/mol. The van der Waals surface area contributed by atoms with Crippen molar-refractivity contribution in [3.8, 4) is 5.75 Å². The quantitative estimate of drug-likeness (QED) is 0.754. The number of carbonyl (C=O) groups is 1. The first-order chi connectivity index (χ1) is 7.33. The van der Waals surface area contributed by atoms with Crippen molar-refractivity contribution in [2.45, 2.75) is 18.9 Å². The molecule has 0 saturated carbocycles. The van der Waals surface area contributed by atoms with Crippen LogP contribution in [-0.2, 0) is 4.79 Å². The van der Waals surface area contributed by atoms with Crippen molar-refractivity contribution in [1.29, 1.82) is 0 Å². The smallest absolute Gasteiger partial charge is 0.207 e. The zero-order valence-corrected chi connectivity index (χ0v) is 8.20. The first-order valence-electron chi connectivity index (χ1n) is 4.94. The van der Waals surface area contributed by atoms with Gasteiger partial charge in [0.1, 0.15) is 0 Å². The van der Waals surface area contributed by atoms with Gasteiger partial charge in [0.15, 0.2) is 11.6 Å². The summed E-state index contributed by atoms with van der Waals surface area (Å²) in [5.74, 6) is -0.0959. The number of para-hydroxylation sites is 1. The molecule has 1 N–H and O–H groups in total. The number of benzene rings is 1. The summed E-state index contributed by atoms with van der Waals surface area (Å²) in [6, 6.07) is 4.63. The second kappa shape index (κ2) is 4.29. The normalized spacial score (nSPS) is 19.7. The summed E-state index contributed by atoms with van der Waals surface area (Å²) in [6.07, 6.45) is 2.22. The largest absolute Gasteiger partial charge is 0.490 e. The SMILES string of the molecule is O=CNC1CCCOc2c(F)cccc21. The van der Waals surface area contributed by atoms with Gasteiger partial charge in [-0.05, 0) is 18.9 Å². The summed E-state index contributed by atoms with van der Waals surface area (Å²) in [5.41, 5.74) is 0.722. The van der Waals surface area contributed by atoms with Gasteiger partial charge in [-0.1, -0.05) is 12.1 Å². The summed E-state index contributed by atoms with van der Waals surface area (Å²) >= 11 is 0. The van der Waals surface area contributed by atoms with Crippen LogP contribution in [0.2, 0.25) is 0 Å². The van der Waals surface area contributed by atoms with Crippen molar-refractivity contribution in [2.24, 2.45) is 0 Å². The topological polar surface area (TPSA) is 38.3 Å². The summed E-state index contributed by atoms with van der Waals surface area (Å²) < 4.78 is 18.7. The van der Waals surface area contributed by atoms with Gasteiger partial charge in [-0.25, -0.2) is 4.39 Å². The van der Waals surface area contributed by atoms with Crippen LogP contribution >= 0.6 is 0 Å². The average molecular weight is 209 g/mol. The standard InChI is InChI=1S/C11H12FNO2/c12-9-4-1-3-8-10(13-7-14)5-2-6-15-11(8)9/h1,3-4,7,10H,2,5-6H2,(H,13,14). The first-order valence-corrected chi connectivity index (χ1v) is 4.94. The summed E-state index contributed by atoms with van der Waals surface area (Å²) in [5, 5.41) is 2.68. The third-order valence-electron chi connectivity index (χ3n) is 2.53. The molecule has 1 unspecified atom stereocenters. The van der Waals surface area contributed by atoms with E-state index in [1.807, 2.05) is 0 Å². The number of nitrogens with one attached hydrogen (secondary N) is 1. The van der Waals surface area contributed by atoms with E-state index >= 15 is 0 Å². The van der Waals surface area contributed by atoms with Gasteiger partial charge in [0.2, 0.25) is 6.41 Å². The van der Waals surface area contributed by atoms with E-state index in [9.17, 15) is 9.18 Å². The molecule has 1 aromatic carbocycles. The van der Waals surface area contributed by atoms with Gasteiger partial charge in [0.25, 0.3) is 0 Å². The van der Waals surface area contributed by atoms with Gasteiger partial charge < -0.3 is 10.1 Å². The fraction of sp³-hybridized carbons (Fsp3) is 0.364. The van der Waals surface area contributed by atoms with E-state index in [0.29, 0.717) is 13.0 Å². The lowest BCUT2D eigenvalue weighted by molar-refractivity contribution is -0.110. The van der Waals surface area contributed by atoms with Crippen LogP contribution in [0.25, 0.3) is 0 Å². The molecule has 0 aromatic heterocycles. The molecule has 4 heteroatoms. The van der Waals surface area contributed by atoms with E-state index in [2.05, 4.69) is 5.32 Å². The van der Waals surface area contributed by atoms with Crippen molar-refractivity contribution < 1.29 is 13.9 Å². The van der Waals surface area contributed by atoms with Crippen LogP contribution in [0.15, 0.2) is 18.2 Å². The first kappa shape index (κ1) is 9.96. The molecule has 1 aliphatic rings. The van der Waals surface area contributed by atoms with Crippen LogP contribution < -0.4 is 10.1 Å². The lowest BCUT2D eigenvalue weighted by Gasteiger charge is -2.15. The maximum atomic E-state index is 13.4. The van der Waals surface area contributed by atoms with Crippen molar-refractivity contribution in [1.82, 2.24) is 5.32 Å². The second-order valence-electron chi connectivity index (χ2n) is 3.49. The van der Waals surface area contributed by atoms with Gasteiger partial charge in [0.05, 0.1) is 12.6 Å². The van der Waals surface area contributed by atoms with E-state index in [4.69, 9.17) is 4.74 Å². The lowest BCUT2D eigenvalue weighted by Crippen LogP contribution is -2.19. The Bertz CT molecular complexity index is 368. The van der Waals surface area contributed by atoms with Crippen LogP contribution in [0.3, 0.4) is 0 Å². The Morgan fingerprint density at radius 2 is 2.40 bits per heavy atom. The molecule has 1 aliphatic heterocycles. The van der Waals surface area contributed by atoms with Crippen LogP contribution in [0.1, 0.15) is 24.4 Å². The number of hydrogen-bond donors (Lipinski definition) is 1. The molecule has 1 heterocycles. The van der Waals surface area contributed by atoms with Gasteiger partial charge in [-0.2, -0.15) is 0 Å². The highest BCUT2D eigenvalue weighted by Crippen LogP contribution is 2.33. The minimum absolute atomic E-state index is 0.143. The molecule has 0 bridgehead atoms. The van der Waals surface area contributed by atoms with E-state index in [1.165, 1.54) is 6.07 Å². The predicted octanol–water partition coefficient (Wildman–Crippen LogP) is 1.79. The van der Waals surface area contributed by atoms with Gasteiger partial charge in [0, 0.05) is 5.56 Å². The number of halogens is 1. The minimum atomic E-state index is -0.368. The maximum Gasteiger partial charge on any atom is 0.207 e. The Balaban J connectivity index is 2.40. The van der Waals surface area contributed by atoms with Gasteiger partial charge in [-0.3, -0.25) is 4.79 Å². The molecule has 1 atom stereocenters. The molecule has 0 aliphatic carbocycles. The van der Waals surface area contributed by atoms with E-state index in [-0.39, 0.29) is 17.6 Å². The molecule has 1 aromatic rings. The average Bonchev–Trinajstić information content (AvgIpc) is 2.43. The Labute approximate surface area is 87.2 Å². The van der Waals surface area contributed by atoms with E-state index in [0.717, 1.165) is 18.4 Å². The van der Waals surface area contributed by atoms with Crippen molar-refractivity contribution in [2.75, 3.05) is 6.61 Å². The lowest BCUT2D eigenvalue weighted by atomic mass is 10.0. The maximum absolute atomic E-state index is 13.4. The number of rotatable bonds is 2. The molecule has 15 heavy (non-hydrogen) atoms. The third-order valence-corrected chi connectivity index (χ3v) is 2.53. The molecule has 1 amide bonds. The summed E-state index contributed by atoms with van der Waals surface area (Å²) in [4.78, 5) is 10.4. The Hall–Kier alpha value is -1.58. The van der Waals surface area contributed by atoms with Crippen LogP contribution in [0.4, 0.5) is 4.39 Å².